The second-order valence-electron chi connectivity index (χ2n) is 5.78. The third-order valence-corrected chi connectivity index (χ3v) is 4.05. The molecule has 0 unspecified atom stereocenters. The van der Waals surface area contributed by atoms with Crippen molar-refractivity contribution < 1.29 is 4.39 Å². The highest BCUT2D eigenvalue weighted by Gasteiger charge is 2.24. The predicted molar refractivity (Wildman–Crippen MR) is 83.0 cm³/mol. The Bertz CT molecular complexity index is 439. The Kier molecular flexibility index (Phi) is 5.34. The summed E-state index contributed by atoms with van der Waals surface area (Å²) in [4.78, 5) is 0. The highest BCUT2D eigenvalue weighted by atomic mass is 19.1. The zero-order valence-electron chi connectivity index (χ0n) is 13.1. The third kappa shape index (κ3) is 3.92. The standard InChI is InChI=1S/C18H27F/c1-7-15-9-11-16(12-10-15)13(3)14(4)17(8-2)18(5,6)19/h9,11H,3,7-8,10,12H2,1-2,4-6H3/b17-14+. The average molecular weight is 262 g/mol. The molecule has 0 N–H and O–H groups in total. The SMILES string of the molecule is C=C(C1=CC=C(CC)CC1)/C(C)=C(\CC)C(C)(C)F. The molecule has 0 atom stereocenters. The van der Waals surface area contributed by atoms with Gasteiger partial charge in [0.25, 0.3) is 0 Å². The van der Waals surface area contributed by atoms with Gasteiger partial charge < -0.3 is 0 Å². The van der Waals surface area contributed by atoms with E-state index in [4.69, 9.17) is 0 Å². The van der Waals surface area contributed by atoms with Crippen LogP contribution in [-0.4, -0.2) is 5.67 Å². The lowest BCUT2D eigenvalue weighted by Crippen LogP contribution is -2.17. The van der Waals surface area contributed by atoms with E-state index in [-0.39, 0.29) is 0 Å². The van der Waals surface area contributed by atoms with Crippen LogP contribution < -0.4 is 0 Å². The minimum atomic E-state index is -1.26. The Morgan fingerprint density at radius 3 is 2.26 bits per heavy atom. The van der Waals surface area contributed by atoms with Gasteiger partial charge in [-0.3, -0.25) is 0 Å². The van der Waals surface area contributed by atoms with E-state index in [9.17, 15) is 4.39 Å². The maximum atomic E-state index is 14.2. The summed E-state index contributed by atoms with van der Waals surface area (Å²) in [7, 11) is 0. The van der Waals surface area contributed by atoms with Crippen LogP contribution in [0.4, 0.5) is 4.39 Å². The first-order valence-electron chi connectivity index (χ1n) is 7.28. The molecule has 1 aliphatic carbocycles. The smallest absolute Gasteiger partial charge is 0.127 e. The molecule has 0 spiro atoms. The normalized spacial score (nSPS) is 17.6. The van der Waals surface area contributed by atoms with Gasteiger partial charge in [-0.15, -0.1) is 0 Å². The Morgan fingerprint density at radius 1 is 1.26 bits per heavy atom. The molecule has 0 amide bonds. The Balaban J connectivity index is 3.04. The number of hydrogen-bond donors (Lipinski definition) is 0. The maximum Gasteiger partial charge on any atom is 0.127 e. The van der Waals surface area contributed by atoms with Gasteiger partial charge in [0.1, 0.15) is 5.67 Å². The van der Waals surface area contributed by atoms with Crippen molar-refractivity contribution in [3.8, 4) is 0 Å². The van der Waals surface area contributed by atoms with Crippen LogP contribution in [0.3, 0.4) is 0 Å². The van der Waals surface area contributed by atoms with E-state index in [2.05, 4.69) is 25.7 Å². The van der Waals surface area contributed by atoms with Crippen LogP contribution in [0.2, 0.25) is 0 Å². The molecule has 0 saturated carbocycles. The van der Waals surface area contributed by atoms with E-state index < -0.39 is 5.67 Å². The molecule has 1 rings (SSSR count). The Morgan fingerprint density at radius 2 is 1.89 bits per heavy atom. The van der Waals surface area contributed by atoms with Gasteiger partial charge in [0, 0.05) is 0 Å². The van der Waals surface area contributed by atoms with E-state index in [1.54, 1.807) is 13.8 Å². The summed E-state index contributed by atoms with van der Waals surface area (Å²) in [5, 5.41) is 0. The predicted octanol–water partition coefficient (Wildman–Crippen LogP) is 6.07. The first kappa shape index (κ1) is 15.9. The first-order chi connectivity index (χ1) is 8.81. The molecule has 0 heterocycles. The van der Waals surface area contributed by atoms with Crippen molar-refractivity contribution in [3.05, 3.63) is 46.6 Å². The number of hydrogen-bond acceptors (Lipinski definition) is 0. The van der Waals surface area contributed by atoms with E-state index >= 15 is 0 Å². The van der Waals surface area contributed by atoms with E-state index in [0.29, 0.717) is 0 Å². The van der Waals surface area contributed by atoms with Crippen LogP contribution in [0.15, 0.2) is 46.6 Å². The molecule has 0 aliphatic heterocycles. The van der Waals surface area contributed by atoms with Crippen molar-refractivity contribution in [3.63, 3.8) is 0 Å². The van der Waals surface area contributed by atoms with Crippen LogP contribution >= 0.6 is 0 Å². The third-order valence-electron chi connectivity index (χ3n) is 4.05. The fraction of sp³-hybridized carbons (Fsp3) is 0.556. The minimum Gasteiger partial charge on any atom is -0.240 e. The van der Waals surface area contributed by atoms with E-state index in [1.807, 2.05) is 13.8 Å². The van der Waals surface area contributed by atoms with Gasteiger partial charge >= 0.3 is 0 Å². The van der Waals surface area contributed by atoms with Gasteiger partial charge in [-0.05, 0) is 68.7 Å². The molecule has 0 aromatic carbocycles. The molecule has 0 radical (unpaired) electrons. The summed E-state index contributed by atoms with van der Waals surface area (Å²) in [5.41, 5.74) is 4.37. The number of alkyl halides is 1. The van der Waals surface area contributed by atoms with E-state index in [0.717, 1.165) is 42.4 Å². The number of rotatable bonds is 5. The first-order valence-corrected chi connectivity index (χ1v) is 7.28. The monoisotopic (exact) mass is 262 g/mol. The van der Waals surface area contributed by atoms with Crippen molar-refractivity contribution in [2.45, 2.75) is 66.0 Å². The maximum absolute atomic E-state index is 14.2. The topological polar surface area (TPSA) is 0 Å². The fourth-order valence-electron chi connectivity index (χ4n) is 2.78. The summed E-state index contributed by atoms with van der Waals surface area (Å²) >= 11 is 0. The highest BCUT2D eigenvalue weighted by molar-refractivity contribution is 5.50. The molecule has 19 heavy (non-hydrogen) atoms. The lowest BCUT2D eigenvalue weighted by molar-refractivity contribution is 0.261. The van der Waals surface area contributed by atoms with Crippen molar-refractivity contribution in [1.29, 1.82) is 0 Å². The molecule has 106 valence electrons. The van der Waals surface area contributed by atoms with Crippen LogP contribution in [0, 0.1) is 0 Å². The summed E-state index contributed by atoms with van der Waals surface area (Å²) < 4.78 is 14.2. The van der Waals surface area contributed by atoms with Gasteiger partial charge in [0.15, 0.2) is 0 Å². The van der Waals surface area contributed by atoms with Gasteiger partial charge in [0.05, 0.1) is 0 Å². The molecule has 0 aromatic heterocycles. The van der Waals surface area contributed by atoms with E-state index in [1.165, 1.54) is 11.1 Å². The van der Waals surface area contributed by atoms with Crippen LogP contribution in [0.1, 0.15) is 60.3 Å². The van der Waals surface area contributed by atoms with Crippen LogP contribution in [0.25, 0.3) is 0 Å². The molecule has 0 fully saturated rings. The van der Waals surface area contributed by atoms with Crippen molar-refractivity contribution in [1.82, 2.24) is 0 Å². The summed E-state index contributed by atoms with van der Waals surface area (Å²) in [6.45, 7) is 13.7. The van der Waals surface area contributed by atoms with Crippen LogP contribution in [0.5, 0.6) is 0 Å². The Labute approximate surface area is 117 Å². The summed E-state index contributed by atoms with van der Waals surface area (Å²) in [6, 6.07) is 0. The van der Waals surface area contributed by atoms with Gasteiger partial charge in [-0.1, -0.05) is 38.2 Å². The summed E-state index contributed by atoms with van der Waals surface area (Å²) in [6.07, 6.45) is 8.34. The van der Waals surface area contributed by atoms with Gasteiger partial charge in [0.2, 0.25) is 0 Å². The second-order valence-corrected chi connectivity index (χ2v) is 5.78. The average Bonchev–Trinajstić information content (AvgIpc) is 2.37. The zero-order chi connectivity index (χ0) is 14.6. The van der Waals surface area contributed by atoms with Gasteiger partial charge in [-0.2, -0.15) is 0 Å². The lowest BCUT2D eigenvalue weighted by atomic mass is 9.84. The molecular weight excluding hydrogens is 235 g/mol. The fourth-order valence-corrected chi connectivity index (χ4v) is 2.78. The molecular formula is C18H27F. The molecule has 1 heteroatoms. The van der Waals surface area contributed by atoms with Gasteiger partial charge in [-0.25, -0.2) is 4.39 Å². The van der Waals surface area contributed by atoms with Crippen molar-refractivity contribution >= 4 is 0 Å². The van der Waals surface area contributed by atoms with Crippen molar-refractivity contribution in [2.75, 3.05) is 0 Å². The number of allylic oxidation sites excluding steroid dienone is 7. The lowest BCUT2D eigenvalue weighted by Gasteiger charge is -2.24. The molecule has 0 aromatic rings. The molecule has 0 saturated heterocycles. The minimum absolute atomic E-state index is 0.734. The molecule has 0 nitrogen and oxygen atoms in total. The Hall–Kier alpha value is -1.11. The highest BCUT2D eigenvalue weighted by Crippen LogP contribution is 2.34. The van der Waals surface area contributed by atoms with Crippen LogP contribution in [-0.2, 0) is 0 Å². The summed E-state index contributed by atoms with van der Waals surface area (Å²) in [5.74, 6) is 0. The second kappa shape index (κ2) is 6.36. The molecule has 1 aliphatic rings. The quantitative estimate of drug-likeness (QED) is 0.527. The number of halogens is 1. The molecule has 0 bridgehead atoms. The largest absolute Gasteiger partial charge is 0.240 e. The van der Waals surface area contributed by atoms with Crippen molar-refractivity contribution in [2.24, 2.45) is 0 Å². The zero-order valence-corrected chi connectivity index (χ0v) is 13.1.